The van der Waals surface area contributed by atoms with E-state index in [9.17, 15) is 4.79 Å². The minimum absolute atomic E-state index is 0.221. The van der Waals surface area contributed by atoms with Gasteiger partial charge in [0.15, 0.2) is 17.3 Å². The number of unbranched alkanes of at least 4 members (excludes halogenated alkanes) is 3. The van der Waals surface area contributed by atoms with Gasteiger partial charge in [-0.2, -0.15) is 0 Å². The van der Waals surface area contributed by atoms with Crippen LogP contribution in [0.2, 0.25) is 0 Å². The minimum Gasteiger partial charge on any atom is -0.493 e. The highest BCUT2D eigenvalue weighted by molar-refractivity contribution is 5.95. The number of ether oxygens (including phenoxy) is 2. The number of benzene rings is 2. The molecule has 2 aromatic carbocycles. The Labute approximate surface area is 143 Å². The number of hydrogen-bond donors (Lipinski definition) is 1. The van der Waals surface area contributed by atoms with Gasteiger partial charge < -0.3 is 15.2 Å². The molecule has 128 valence electrons. The van der Waals surface area contributed by atoms with E-state index >= 15 is 0 Å². The minimum atomic E-state index is 0.221. The van der Waals surface area contributed by atoms with Gasteiger partial charge in [-0.05, 0) is 25.0 Å². The van der Waals surface area contributed by atoms with Crippen LogP contribution in [0.25, 0.3) is 0 Å². The van der Waals surface area contributed by atoms with Gasteiger partial charge in [0.2, 0.25) is 0 Å². The van der Waals surface area contributed by atoms with Crippen LogP contribution in [0.4, 0.5) is 5.69 Å². The lowest BCUT2D eigenvalue weighted by atomic mass is 10.0. The smallest absolute Gasteiger partial charge is 0.162 e. The molecule has 0 aromatic heterocycles. The van der Waals surface area contributed by atoms with Crippen molar-refractivity contribution >= 4 is 11.5 Å². The van der Waals surface area contributed by atoms with Crippen LogP contribution in [0.5, 0.6) is 11.5 Å². The number of ketones is 1. The Bertz CT molecular complexity index is 641. The summed E-state index contributed by atoms with van der Waals surface area (Å²) in [4.78, 5) is 12.0. The van der Waals surface area contributed by atoms with Crippen LogP contribution in [-0.2, 0) is 0 Å². The quantitative estimate of drug-likeness (QED) is 0.397. The molecule has 2 aromatic rings. The number of methoxy groups -OCH3 is 1. The molecule has 0 radical (unpaired) electrons. The summed E-state index contributed by atoms with van der Waals surface area (Å²) in [5.41, 5.74) is 7.17. The van der Waals surface area contributed by atoms with Gasteiger partial charge in [0.1, 0.15) is 0 Å². The number of rotatable bonds is 10. The molecule has 2 rings (SSSR count). The van der Waals surface area contributed by atoms with Crippen molar-refractivity contribution in [2.24, 2.45) is 0 Å². The number of nitrogens with two attached hydrogens (primary N) is 1. The highest BCUT2D eigenvalue weighted by Gasteiger charge is 2.05. The van der Waals surface area contributed by atoms with Gasteiger partial charge in [-0.25, -0.2) is 0 Å². The molecule has 0 fully saturated rings. The normalized spacial score (nSPS) is 10.4. The van der Waals surface area contributed by atoms with Crippen LogP contribution in [0, 0.1) is 0 Å². The number of Topliss-reactive ketones (excluding diaryl/α,β-unsaturated/α-hetero) is 1. The average molecular weight is 327 g/mol. The fourth-order valence-corrected chi connectivity index (χ4v) is 2.50. The molecule has 4 nitrogen and oxygen atoms in total. The first-order valence-corrected chi connectivity index (χ1v) is 8.35. The summed E-state index contributed by atoms with van der Waals surface area (Å²) in [5, 5.41) is 0. The predicted molar refractivity (Wildman–Crippen MR) is 96.8 cm³/mol. The molecule has 0 aliphatic carbocycles. The van der Waals surface area contributed by atoms with E-state index in [1.54, 1.807) is 19.2 Å². The van der Waals surface area contributed by atoms with Crippen molar-refractivity contribution in [3.8, 4) is 11.5 Å². The third kappa shape index (κ3) is 5.61. The van der Waals surface area contributed by atoms with Crippen LogP contribution in [-0.4, -0.2) is 19.5 Å². The molecule has 0 amide bonds. The molecule has 0 unspecified atom stereocenters. The van der Waals surface area contributed by atoms with Gasteiger partial charge in [0, 0.05) is 23.7 Å². The molecule has 0 aliphatic rings. The van der Waals surface area contributed by atoms with E-state index in [-0.39, 0.29) is 5.78 Å². The maximum absolute atomic E-state index is 12.0. The Morgan fingerprint density at radius 2 is 1.71 bits per heavy atom. The van der Waals surface area contributed by atoms with E-state index in [1.807, 2.05) is 36.4 Å². The van der Waals surface area contributed by atoms with Crippen molar-refractivity contribution in [3.63, 3.8) is 0 Å². The average Bonchev–Trinajstić information content (AvgIpc) is 2.62. The maximum Gasteiger partial charge on any atom is 0.162 e. The topological polar surface area (TPSA) is 61.6 Å². The second-order valence-corrected chi connectivity index (χ2v) is 5.71. The van der Waals surface area contributed by atoms with Crippen LogP contribution in [0.3, 0.4) is 0 Å². The van der Waals surface area contributed by atoms with Gasteiger partial charge in [-0.3, -0.25) is 4.79 Å². The van der Waals surface area contributed by atoms with Crippen LogP contribution < -0.4 is 15.2 Å². The zero-order valence-corrected chi connectivity index (χ0v) is 14.2. The number of nitrogen functional groups attached to an aromatic ring is 1. The third-order valence-corrected chi connectivity index (χ3v) is 3.84. The zero-order chi connectivity index (χ0) is 17.2. The van der Waals surface area contributed by atoms with E-state index in [1.165, 1.54) is 0 Å². The second-order valence-electron chi connectivity index (χ2n) is 5.71. The summed E-state index contributed by atoms with van der Waals surface area (Å²) in [6, 6.07) is 14.8. The standard InChI is InChI=1S/C20H25NO3/c1-23-20-15-17(21)12-13-19(20)24-14-8-3-2-7-11-18(22)16-9-5-4-6-10-16/h4-6,9-10,12-13,15H,2-3,7-8,11,14,21H2,1H3. The largest absolute Gasteiger partial charge is 0.493 e. The van der Waals surface area contributed by atoms with E-state index in [0.29, 0.717) is 30.2 Å². The van der Waals surface area contributed by atoms with Gasteiger partial charge in [0.05, 0.1) is 13.7 Å². The molecule has 2 N–H and O–H groups in total. The van der Waals surface area contributed by atoms with Gasteiger partial charge in [-0.15, -0.1) is 0 Å². The lowest BCUT2D eigenvalue weighted by Gasteiger charge is -2.11. The molecule has 0 atom stereocenters. The Hall–Kier alpha value is -2.49. The van der Waals surface area contributed by atoms with Crippen LogP contribution in [0.1, 0.15) is 42.5 Å². The number of carbonyl (C=O) groups is 1. The molecule has 4 heteroatoms. The molecule has 0 spiro atoms. The molecule has 0 saturated heterocycles. The fraction of sp³-hybridized carbons (Fsp3) is 0.350. The lowest BCUT2D eigenvalue weighted by Crippen LogP contribution is -2.01. The number of hydrogen-bond acceptors (Lipinski definition) is 4. The van der Waals surface area contributed by atoms with E-state index in [0.717, 1.165) is 31.2 Å². The first-order chi connectivity index (χ1) is 11.7. The number of carbonyl (C=O) groups excluding carboxylic acids is 1. The van der Waals surface area contributed by atoms with Crippen molar-refractivity contribution in [1.82, 2.24) is 0 Å². The summed E-state index contributed by atoms with van der Waals surface area (Å²) < 4.78 is 11.0. The zero-order valence-electron chi connectivity index (χ0n) is 14.2. The molecule has 0 saturated carbocycles. The summed E-state index contributed by atoms with van der Waals surface area (Å²) in [6.45, 7) is 0.632. The van der Waals surface area contributed by atoms with Crippen molar-refractivity contribution in [2.75, 3.05) is 19.5 Å². The molecule has 24 heavy (non-hydrogen) atoms. The Morgan fingerprint density at radius 1 is 0.958 bits per heavy atom. The van der Waals surface area contributed by atoms with E-state index < -0.39 is 0 Å². The van der Waals surface area contributed by atoms with E-state index in [4.69, 9.17) is 15.2 Å². The number of anilines is 1. The Balaban J connectivity index is 1.60. The molecule has 0 bridgehead atoms. The second kappa shape index (κ2) is 9.60. The summed E-state index contributed by atoms with van der Waals surface area (Å²) in [7, 11) is 1.60. The third-order valence-electron chi connectivity index (χ3n) is 3.84. The van der Waals surface area contributed by atoms with Crippen LogP contribution >= 0.6 is 0 Å². The van der Waals surface area contributed by atoms with Crippen molar-refractivity contribution in [2.45, 2.75) is 32.1 Å². The van der Waals surface area contributed by atoms with E-state index in [2.05, 4.69) is 0 Å². The molecular formula is C20H25NO3. The molecule has 0 aliphatic heterocycles. The fourth-order valence-electron chi connectivity index (χ4n) is 2.50. The van der Waals surface area contributed by atoms with Gasteiger partial charge in [-0.1, -0.05) is 43.2 Å². The lowest BCUT2D eigenvalue weighted by molar-refractivity contribution is 0.0979. The van der Waals surface area contributed by atoms with Gasteiger partial charge in [0.25, 0.3) is 0 Å². The van der Waals surface area contributed by atoms with Crippen LogP contribution in [0.15, 0.2) is 48.5 Å². The molecule has 0 heterocycles. The summed E-state index contributed by atoms with van der Waals surface area (Å²) in [6.07, 6.45) is 4.54. The highest BCUT2D eigenvalue weighted by atomic mass is 16.5. The highest BCUT2D eigenvalue weighted by Crippen LogP contribution is 2.29. The first kappa shape index (κ1) is 17.9. The monoisotopic (exact) mass is 327 g/mol. The predicted octanol–water partition coefficient (Wildman–Crippen LogP) is 4.49. The van der Waals surface area contributed by atoms with Crippen molar-refractivity contribution < 1.29 is 14.3 Å². The maximum atomic E-state index is 12.0. The summed E-state index contributed by atoms with van der Waals surface area (Å²) in [5.74, 6) is 1.59. The first-order valence-electron chi connectivity index (χ1n) is 8.35. The van der Waals surface area contributed by atoms with Gasteiger partial charge >= 0.3 is 0 Å². The summed E-state index contributed by atoms with van der Waals surface area (Å²) >= 11 is 0. The van der Waals surface area contributed by atoms with Crippen molar-refractivity contribution in [3.05, 3.63) is 54.1 Å². The molecular weight excluding hydrogens is 302 g/mol. The van der Waals surface area contributed by atoms with Crippen molar-refractivity contribution in [1.29, 1.82) is 0 Å². The Kier molecular flexibility index (Phi) is 7.15. The SMILES string of the molecule is COc1cc(N)ccc1OCCCCCCC(=O)c1ccccc1. The Morgan fingerprint density at radius 3 is 2.46 bits per heavy atom.